The fourth-order valence-electron chi connectivity index (χ4n) is 3.95. The zero-order chi connectivity index (χ0) is 21.3. The summed E-state index contributed by atoms with van der Waals surface area (Å²) in [5, 5.41) is 21.1. The fourth-order valence-corrected chi connectivity index (χ4v) is 3.95. The lowest BCUT2D eigenvalue weighted by molar-refractivity contribution is -0.143. The Kier molecular flexibility index (Phi) is 9.11. The van der Waals surface area contributed by atoms with E-state index in [1.54, 1.807) is 18.7 Å². The maximum Gasteiger partial charge on any atom is 0.305 e. The van der Waals surface area contributed by atoms with E-state index >= 15 is 0 Å². The molecule has 1 aromatic rings. The van der Waals surface area contributed by atoms with Crippen LogP contribution in [0.25, 0.3) is 0 Å². The van der Waals surface area contributed by atoms with E-state index in [1.165, 1.54) is 0 Å². The Bertz CT molecular complexity index is 646. The number of carbonyl (C=O) groups excluding carboxylic acids is 2. The zero-order valence-corrected chi connectivity index (χ0v) is 17.7. The number of likely N-dealkylation sites (tertiary alicyclic amines) is 1. The molecule has 6 heteroatoms. The van der Waals surface area contributed by atoms with Crippen LogP contribution in [0.3, 0.4) is 0 Å². The molecule has 1 aliphatic heterocycles. The summed E-state index contributed by atoms with van der Waals surface area (Å²) in [5.41, 5.74) is -0.197. The van der Waals surface area contributed by atoms with Crippen LogP contribution in [-0.2, 0) is 19.9 Å². The average molecular weight is 406 g/mol. The summed E-state index contributed by atoms with van der Waals surface area (Å²) in [6.45, 7) is 4.40. The number of unbranched alkanes of at least 4 members (excludes halogenated alkanes) is 3. The van der Waals surface area contributed by atoms with Gasteiger partial charge in [0.2, 0.25) is 5.91 Å². The van der Waals surface area contributed by atoms with E-state index in [4.69, 9.17) is 4.74 Å². The van der Waals surface area contributed by atoms with Gasteiger partial charge in [-0.1, -0.05) is 49.6 Å². The molecule has 6 nitrogen and oxygen atoms in total. The lowest BCUT2D eigenvalue weighted by Gasteiger charge is -2.31. The van der Waals surface area contributed by atoms with Crippen LogP contribution in [0.4, 0.5) is 0 Å². The number of esters is 1. The van der Waals surface area contributed by atoms with Crippen LogP contribution >= 0.6 is 0 Å². The smallest absolute Gasteiger partial charge is 0.305 e. The molecule has 2 N–H and O–H groups in total. The van der Waals surface area contributed by atoms with Crippen molar-refractivity contribution in [3.8, 4) is 0 Å². The van der Waals surface area contributed by atoms with Gasteiger partial charge in [0.1, 0.15) is 0 Å². The molecule has 0 spiro atoms. The third kappa shape index (κ3) is 7.12. The highest BCUT2D eigenvalue weighted by molar-refractivity contribution is 5.79. The van der Waals surface area contributed by atoms with Crippen LogP contribution < -0.4 is 0 Å². The lowest BCUT2D eigenvalue weighted by Crippen LogP contribution is -2.40. The standard InChI is InChI=1S/C23H35NO5/c1-3-29-22(27)14-10-5-4-9-13-19-20(25)17-21(26)24(19)16-15-23(2,28)18-11-7-6-8-12-18/h6-8,11-12,19-20,25,28H,3-5,9-10,13-17H2,1-2H3. The predicted octanol–water partition coefficient (Wildman–Crippen LogP) is 3.15. The van der Waals surface area contributed by atoms with Gasteiger partial charge in [0, 0.05) is 13.0 Å². The maximum atomic E-state index is 12.4. The second kappa shape index (κ2) is 11.3. The third-order valence-corrected chi connectivity index (χ3v) is 5.72. The van der Waals surface area contributed by atoms with Crippen molar-refractivity contribution in [2.45, 2.75) is 83.0 Å². The molecular formula is C23H35NO5. The number of rotatable bonds is 12. The molecule has 29 heavy (non-hydrogen) atoms. The van der Waals surface area contributed by atoms with Crippen molar-refractivity contribution in [3.05, 3.63) is 35.9 Å². The van der Waals surface area contributed by atoms with E-state index in [0.29, 0.717) is 26.0 Å². The highest BCUT2D eigenvalue weighted by atomic mass is 16.5. The highest BCUT2D eigenvalue weighted by Crippen LogP contribution is 2.29. The summed E-state index contributed by atoms with van der Waals surface area (Å²) in [4.78, 5) is 25.4. The molecule has 1 amide bonds. The normalized spacial score (nSPS) is 21.2. The van der Waals surface area contributed by atoms with Crippen molar-refractivity contribution in [2.24, 2.45) is 0 Å². The van der Waals surface area contributed by atoms with Gasteiger partial charge in [-0.05, 0) is 38.7 Å². The van der Waals surface area contributed by atoms with Crippen LogP contribution in [0.2, 0.25) is 0 Å². The second-order valence-corrected chi connectivity index (χ2v) is 8.07. The number of nitrogens with zero attached hydrogens (tertiary/aromatic N) is 1. The van der Waals surface area contributed by atoms with Crippen molar-refractivity contribution in [1.29, 1.82) is 0 Å². The van der Waals surface area contributed by atoms with Gasteiger partial charge in [-0.3, -0.25) is 9.59 Å². The van der Waals surface area contributed by atoms with Crippen molar-refractivity contribution < 1.29 is 24.5 Å². The molecule has 0 bridgehead atoms. The van der Waals surface area contributed by atoms with Gasteiger partial charge >= 0.3 is 5.97 Å². The van der Waals surface area contributed by atoms with Crippen molar-refractivity contribution in [1.82, 2.24) is 4.90 Å². The number of benzene rings is 1. The first-order valence-electron chi connectivity index (χ1n) is 10.8. The Balaban J connectivity index is 1.78. The van der Waals surface area contributed by atoms with Crippen LogP contribution in [0.5, 0.6) is 0 Å². The van der Waals surface area contributed by atoms with Gasteiger partial charge in [0.15, 0.2) is 0 Å². The monoisotopic (exact) mass is 405 g/mol. The molecule has 1 heterocycles. The van der Waals surface area contributed by atoms with Crippen LogP contribution in [0.1, 0.15) is 70.8 Å². The van der Waals surface area contributed by atoms with E-state index in [9.17, 15) is 19.8 Å². The van der Waals surface area contributed by atoms with Crippen molar-refractivity contribution in [3.63, 3.8) is 0 Å². The van der Waals surface area contributed by atoms with E-state index in [0.717, 1.165) is 37.7 Å². The number of amides is 1. The Labute approximate surface area is 173 Å². The minimum Gasteiger partial charge on any atom is -0.466 e. The van der Waals surface area contributed by atoms with Crippen LogP contribution in [0, 0.1) is 0 Å². The Morgan fingerprint density at radius 3 is 2.59 bits per heavy atom. The average Bonchev–Trinajstić information content (AvgIpc) is 2.96. The number of aliphatic hydroxyl groups excluding tert-OH is 1. The molecule has 1 aliphatic rings. The van der Waals surface area contributed by atoms with E-state index in [1.807, 2.05) is 30.3 Å². The first-order chi connectivity index (χ1) is 13.8. The largest absolute Gasteiger partial charge is 0.466 e. The van der Waals surface area contributed by atoms with Gasteiger partial charge in [-0.2, -0.15) is 0 Å². The molecule has 1 aromatic carbocycles. The van der Waals surface area contributed by atoms with Crippen molar-refractivity contribution >= 4 is 11.9 Å². The summed E-state index contributed by atoms with van der Waals surface area (Å²) in [6, 6.07) is 9.25. The minimum absolute atomic E-state index is 0.0475. The molecule has 1 saturated heterocycles. The molecule has 0 aromatic heterocycles. The topological polar surface area (TPSA) is 87.1 Å². The van der Waals surface area contributed by atoms with Gasteiger partial charge in [-0.25, -0.2) is 0 Å². The molecule has 3 atom stereocenters. The Morgan fingerprint density at radius 2 is 1.90 bits per heavy atom. The molecule has 0 aliphatic carbocycles. The summed E-state index contributed by atoms with van der Waals surface area (Å²) in [7, 11) is 0. The van der Waals surface area contributed by atoms with Gasteiger partial charge in [0.05, 0.1) is 30.8 Å². The molecule has 0 radical (unpaired) electrons. The van der Waals surface area contributed by atoms with Crippen molar-refractivity contribution in [2.75, 3.05) is 13.2 Å². The van der Waals surface area contributed by atoms with E-state index in [-0.39, 0.29) is 24.3 Å². The Hall–Kier alpha value is -1.92. The first kappa shape index (κ1) is 23.4. The first-order valence-corrected chi connectivity index (χ1v) is 10.8. The quantitative estimate of drug-likeness (QED) is 0.412. The van der Waals surface area contributed by atoms with Gasteiger partial charge < -0.3 is 19.8 Å². The summed E-state index contributed by atoms with van der Waals surface area (Å²) >= 11 is 0. The van der Waals surface area contributed by atoms with Gasteiger partial charge in [-0.15, -0.1) is 0 Å². The molecule has 2 rings (SSSR count). The van der Waals surface area contributed by atoms with Crippen LogP contribution in [-0.4, -0.2) is 52.3 Å². The third-order valence-electron chi connectivity index (χ3n) is 5.72. The minimum atomic E-state index is -1.02. The molecule has 3 unspecified atom stereocenters. The summed E-state index contributed by atoms with van der Waals surface area (Å²) in [5.74, 6) is -0.199. The van der Waals surface area contributed by atoms with E-state index < -0.39 is 11.7 Å². The van der Waals surface area contributed by atoms with E-state index in [2.05, 4.69) is 0 Å². The predicted molar refractivity (Wildman–Crippen MR) is 111 cm³/mol. The van der Waals surface area contributed by atoms with Crippen LogP contribution in [0.15, 0.2) is 30.3 Å². The maximum absolute atomic E-state index is 12.4. The molecular weight excluding hydrogens is 370 g/mol. The number of hydrogen-bond acceptors (Lipinski definition) is 5. The summed E-state index contributed by atoms with van der Waals surface area (Å²) in [6.07, 6.45) is 4.68. The highest BCUT2D eigenvalue weighted by Gasteiger charge is 2.39. The van der Waals surface area contributed by atoms with Gasteiger partial charge in [0.25, 0.3) is 0 Å². The fraction of sp³-hybridized carbons (Fsp3) is 0.652. The second-order valence-electron chi connectivity index (χ2n) is 8.07. The molecule has 162 valence electrons. The SMILES string of the molecule is CCOC(=O)CCCCCCC1C(O)CC(=O)N1CCC(C)(O)c1ccccc1. The number of hydrogen-bond donors (Lipinski definition) is 2. The number of carbonyl (C=O) groups is 2. The molecule has 1 fully saturated rings. The lowest BCUT2D eigenvalue weighted by atomic mass is 9.92. The number of ether oxygens (including phenoxy) is 1. The Morgan fingerprint density at radius 1 is 1.21 bits per heavy atom. The summed E-state index contributed by atoms with van der Waals surface area (Å²) < 4.78 is 4.92. The number of aliphatic hydroxyl groups is 2. The zero-order valence-electron chi connectivity index (χ0n) is 17.7. The molecule has 0 saturated carbocycles.